The number of aryl methyl sites for hydroxylation is 2. The van der Waals surface area contributed by atoms with Crippen LogP contribution in [0.4, 0.5) is 5.69 Å². The van der Waals surface area contributed by atoms with Crippen molar-refractivity contribution in [3.8, 4) is 0 Å². The zero-order chi connectivity index (χ0) is 11.5. The third kappa shape index (κ3) is 2.55. The zero-order valence-electron chi connectivity index (χ0n) is 9.40. The van der Waals surface area contributed by atoms with E-state index in [2.05, 4.69) is 24.0 Å². The standard InChI is InChI=1S/C13H14N2S/c1-9-7-11(14)4-6-13(9)16-12-5-3-10(2)15-8-12/h3-8H,14H2,1-2H3. The predicted molar refractivity (Wildman–Crippen MR) is 68.7 cm³/mol. The summed E-state index contributed by atoms with van der Waals surface area (Å²) in [5, 5.41) is 0. The Balaban J connectivity index is 2.23. The van der Waals surface area contributed by atoms with Gasteiger partial charge in [0.25, 0.3) is 0 Å². The maximum atomic E-state index is 5.72. The lowest BCUT2D eigenvalue weighted by atomic mass is 10.2. The number of anilines is 1. The van der Waals surface area contributed by atoms with Crippen LogP contribution < -0.4 is 5.73 Å². The number of nitrogens with two attached hydrogens (primary N) is 1. The minimum absolute atomic E-state index is 0.809. The topological polar surface area (TPSA) is 38.9 Å². The second-order valence-electron chi connectivity index (χ2n) is 3.76. The number of nitrogens with zero attached hydrogens (tertiary/aromatic N) is 1. The van der Waals surface area contributed by atoms with Crippen LogP contribution >= 0.6 is 11.8 Å². The van der Waals surface area contributed by atoms with E-state index in [-0.39, 0.29) is 0 Å². The van der Waals surface area contributed by atoms with E-state index in [4.69, 9.17) is 5.73 Å². The highest BCUT2D eigenvalue weighted by Gasteiger charge is 2.01. The molecule has 3 heteroatoms. The lowest BCUT2D eigenvalue weighted by Gasteiger charge is -2.06. The number of hydrogen-bond donors (Lipinski definition) is 1. The fraction of sp³-hybridized carbons (Fsp3) is 0.154. The molecule has 2 rings (SSSR count). The Morgan fingerprint density at radius 3 is 2.56 bits per heavy atom. The van der Waals surface area contributed by atoms with Gasteiger partial charge in [-0.2, -0.15) is 0 Å². The summed E-state index contributed by atoms with van der Waals surface area (Å²) in [6.07, 6.45) is 1.90. The maximum absolute atomic E-state index is 5.72. The third-order valence-corrected chi connectivity index (χ3v) is 3.47. The number of pyridine rings is 1. The van der Waals surface area contributed by atoms with Crippen LogP contribution in [0.5, 0.6) is 0 Å². The van der Waals surface area contributed by atoms with Gasteiger partial charge in [0.05, 0.1) is 0 Å². The number of benzene rings is 1. The van der Waals surface area contributed by atoms with E-state index in [1.807, 2.05) is 31.3 Å². The summed E-state index contributed by atoms with van der Waals surface area (Å²) >= 11 is 1.71. The molecule has 0 aliphatic heterocycles. The molecule has 1 aromatic heterocycles. The van der Waals surface area contributed by atoms with E-state index in [1.54, 1.807) is 11.8 Å². The van der Waals surface area contributed by atoms with E-state index in [0.717, 1.165) is 16.3 Å². The Kier molecular flexibility index (Phi) is 3.15. The molecule has 0 bridgehead atoms. The Bertz CT molecular complexity index is 492. The lowest BCUT2D eigenvalue weighted by Crippen LogP contribution is -1.87. The van der Waals surface area contributed by atoms with Crippen molar-refractivity contribution in [2.45, 2.75) is 23.6 Å². The first-order chi connectivity index (χ1) is 7.65. The van der Waals surface area contributed by atoms with Gasteiger partial charge in [0, 0.05) is 27.4 Å². The highest BCUT2D eigenvalue weighted by molar-refractivity contribution is 7.99. The van der Waals surface area contributed by atoms with Gasteiger partial charge in [-0.3, -0.25) is 4.98 Å². The molecule has 0 saturated carbocycles. The van der Waals surface area contributed by atoms with Gasteiger partial charge in [-0.15, -0.1) is 0 Å². The summed E-state index contributed by atoms with van der Waals surface area (Å²) < 4.78 is 0. The summed E-state index contributed by atoms with van der Waals surface area (Å²) in [5.41, 5.74) is 8.77. The number of rotatable bonds is 2. The van der Waals surface area contributed by atoms with Crippen LogP contribution in [0.2, 0.25) is 0 Å². The third-order valence-electron chi connectivity index (χ3n) is 2.31. The Hall–Kier alpha value is -1.48. The van der Waals surface area contributed by atoms with Crippen molar-refractivity contribution in [2.24, 2.45) is 0 Å². The van der Waals surface area contributed by atoms with Gasteiger partial charge in [0.1, 0.15) is 0 Å². The van der Waals surface area contributed by atoms with Gasteiger partial charge in [0.15, 0.2) is 0 Å². The largest absolute Gasteiger partial charge is 0.399 e. The normalized spacial score (nSPS) is 10.4. The van der Waals surface area contributed by atoms with Crippen molar-refractivity contribution >= 4 is 17.4 Å². The maximum Gasteiger partial charge on any atom is 0.0410 e. The fourth-order valence-electron chi connectivity index (χ4n) is 1.43. The van der Waals surface area contributed by atoms with Crippen LogP contribution in [0.25, 0.3) is 0 Å². The molecule has 0 aliphatic rings. The van der Waals surface area contributed by atoms with Crippen molar-refractivity contribution in [1.82, 2.24) is 4.98 Å². The van der Waals surface area contributed by atoms with E-state index >= 15 is 0 Å². The van der Waals surface area contributed by atoms with E-state index in [9.17, 15) is 0 Å². The van der Waals surface area contributed by atoms with Gasteiger partial charge in [0.2, 0.25) is 0 Å². The van der Waals surface area contributed by atoms with Crippen LogP contribution in [0, 0.1) is 13.8 Å². The number of aromatic nitrogens is 1. The van der Waals surface area contributed by atoms with Crippen LogP contribution in [-0.4, -0.2) is 4.98 Å². The molecule has 2 nitrogen and oxygen atoms in total. The Morgan fingerprint density at radius 2 is 1.94 bits per heavy atom. The molecular formula is C13H14N2S. The van der Waals surface area contributed by atoms with Gasteiger partial charge in [-0.1, -0.05) is 11.8 Å². The smallest absolute Gasteiger partial charge is 0.0410 e. The molecule has 1 aromatic carbocycles. The first-order valence-electron chi connectivity index (χ1n) is 5.12. The van der Waals surface area contributed by atoms with Crippen LogP contribution in [-0.2, 0) is 0 Å². The second kappa shape index (κ2) is 4.58. The zero-order valence-corrected chi connectivity index (χ0v) is 10.2. The molecule has 1 heterocycles. The highest BCUT2D eigenvalue weighted by atomic mass is 32.2. The molecule has 82 valence electrons. The molecular weight excluding hydrogens is 216 g/mol. The minimum atomic E-state index is 0.809. The molecule has 2 aromatic rings. The summed E-state index contributed by atoms with van der Waals surface area (Å²) in [6.45, 7) is 4.06. The molecule has 0 aliphatic carbocycles. The molecule has 0 fully saturated rings. The molecule has 0 unspecified atom stereocenters. The van der Waals surface area contributed by atoms with Crippen LogP contribution in [0.1, 0.15) is 11.3 Å². The molecule has 0 spiro atoms. The average Bonchev–Trinajstić information content (AvgIpc) is 2.25. The lowest BCUT2D eigenvalue weighted by molar-refractivity contribution is 1.14. The number of nitrogen functional groups attached to an aromatic ring is 1. The van der Waals surface area contributed by atoms with E-state index < -0.39 is 0 Å². The van der Waals surface area contributed by atoms with Crippen molar-refractivity contribution in [3.05, 3.63) is 47.8 Å². The van der Waals surface area contributed by atoms with Crippen molar-refractivity contribution in [2.75, 3.05) is 5.73 Å². The van der Waals surface area contributed by atoms with Gasteiger partial charge < -0.3 is 5.73 Å². The van der Waals surface area contributed by atoms with Crippen LogP contribution in [0.15, 0.2) is 46.3 Å². The molecule has 0 radical (unpaired) electrons. The van der Waals surface area contributed by atoms with Gasteiger partial charge in [-0.05, 0) is 49.7 Å². The molecule has 0 atom stereocenters. The first kappa shape index (κ1) is 11.0. The molecule has 0 saturated heterocycles. The van der Waals surface area contributed by atoms with Crippen molar-refractivity contribution in [3.63, 3.8) is 0 Å². The quantitative estimate of drug-likeness (QED) is 0.803. The summed E-state index contributed by atoms with van der Waals surface area (Å²) in [7, 11) is 0. The van der Waals surface area contributed by atoms with Crippen LogP contribution in [0.3, 0.4) is 0 Å². The van der Waals surface area contributed by atoms with E-state index in [0.29, 0.717) is 0 Å². The monoisotopic (exact) mass is 230 g/mol. The van der Waals surface area contributed by atoms with Crippen molar-refractivity contribution < 1.29 is 0 Å². The van der Waals surface area contributed by atoms with Crippen molar-refractivity contribution in [1.29, 1.82) is 0 Å². The van der Waals surface area contributed by atoms with Gasteiger partial charge >= 0.3 is 0 Å². The first-order valence-corrected chi connectivity index (χ1v) is 5.93. The van der Waals surface area contributed by atoms with Gasteiger partial charge in [-0.25, -0.2) is 0 Å². The summed E-state index contributed by atoms with van der Waals surface area (Å²) in [6, 6.07) is 10.1. The summed E-state index contributed by atoms with van der Waals surface area (Å²) in [5.74, 6) is 0. The molecule has 16 heavy (non-hydrogen) atoms. The Labute approximate surface area is 99.9 Å². The summed E-state index contributed by atoms with van der Waals surface area (Å²) in [4.78, 5) is 6.65. The predicted octanol–water partition coefficient (Wildman–Crippen LogP) is 3.43. The minimum Gasteiger partial charge on any atom is -0.399 e. The second-order valence-corrected chi connectivity index (χ2v) is 4.88. The average molecular weight is 230 g/mol. The SMILES string of the molecule is Cc1ccc(Sc2ccc(N)cc2C)cn1. The van der Waals surface area contributed by atoms with E-state index in [1.165, 1.54) is 10.5 Å². The number of hydrogen-bond acceptors (Lipinski definition) is 3. The molecule has 2 N–H and O–H groups in total. The fourth-order valence-corrected chi connectivity index (χ4v) is 2.28. The highest BCUT2D eigenvalue weighted by Crippen LogP contribution is 2.30. The Morgan fingerprint density at radius 1 is 1.12 bits per heavy atom. The molecule has 0 amide bonds.